The predicted molar refractivity (Wildman–Crippen MR) is 68.8 cm³/mol. The van der Waals surface area contributed by atoms with Crippen LogP contribution in [0.3, 0.4) is 0 Å². The lowest BCUT2D eigenvalue weighted by molar-refractivity contribution is -0.387. The molecule has 0 unspecified atom stereocenters. The van der Waals surface area contributed by atoms with Gasteiger partial charge >= 0.3 is 16.9 Å². The third-order valence-electron chi connectivity index (χ3n) is 2.44. The van der Waals surface area contributed by atoms with Crippen molar-refractivity contribution < 1.29 is 9.66 Å². The Morgan fingerprint density at radius 1 is 1.42 bits per heavy atom. The van der Waals surface area contributed by atoms with Crippen molar-refractivity contribution in [2.45, 2.75) is 20.0 Å². The first-order chi connectivity index (χ1) is 9.02. The summed E-state index contributed by atoms with van der Waals surface area (Å²) in [7, 11) is 0. The van der Waals surface area contributed by atoms with Crippen molar-refractivity contribution in [1.29, 1.82) is 0 Å². The summed E-state index contributed by atoms with van der Waals surface area (Å²) in [5, 5.41) is 10.8. The summed E-state index contributed by atoms with van der Waals surface area (Å²) < 4.78 is 6.97. The number of nitrogens with zero attached hydrogens (tertiary/aromatic N) is 3. The fourth-order valence-electron chi connectivity index (χ4n) is 1.50. The molecule has 0 spiro atoms. The molecular formula is C10H14ClN3O5. The zero-order valence-electron chi connectivity index (χ0n) is 10.4. The van der Waals surface area contributed by atoms with Crippen LogP contribution in [0.1, 0.15) is 6.92 Å². The van der Waals surface area contributed by atoms with E-state index in [1.165, 1.54) is 0 Å². The van der Waals surface area contributed by atoms with Gasteiger partial charge in [-0.1, -0.05) is 0 Å². The lowest BCUT2D eigenvalue weighted by Crippen LogP contribution is -2.41. The molecule has 0 saturated heterocycles. The van der Waals surface area contributed by atoms with E-state index in [0.29, 0.717) is 5.88 Å². The summed E-state index contributed by atoms with van der Waals surface area (Å²) in [5.74, 6) is 0.295. The van der Waals surface area contributed by atoms with Crippen LogP contribution in [0.2, 0.25) is 0 Å². The number of alkyl halides is 1. The summed E-state index contributed by atoms with van der Waals surface area (Å²) in [5.41, 5.74) is -2.14. The van der Waals surface area contributed by atoms with Gasteiger partial charge in [0.1, 0.15) is 0 Å². The molecular weight excluding hydrogens is 278 g/mol. The van der Waals surface area contributed by atoms with Crippen molar-refractivity contribution in [1.82, 2.24) is 9.13 Å². The number of hydrogen-bond acceptors (Lipinski definition) is 5. The maximum absolute atomic E-state index is 11.9. The van der Waals surface area contributed by atoms with Gasteiger partial charge in [0, 0.05) is 12.4 Å². The van der Waals surface area contributed by atoms with E-state index < -0.39 is 21.9 Å². The van der Waals surface area contributed by atoms with Gasteiger partial charge in [-0.05, 0) is 6.92 Å². The molecule has 0 aromatic carbocycles. The second-order valence-electron chi connectivity index (χ2n) is 3.60. The molecule has 0 N–H and O–H groups in total. The minimum atomic E-state index is -0.922. The molecule has 0 atom stereocenters. The first-order valence-corrected chi connectivity index (χ1v) is 6.18. The third kappa shape index (κ3) is 3.65. The summed E-state index contributed by atoms with van der Waals surface area (Å²) in [6.07, 6.45) is 0.959. The second kappa shape index (κ2) is 7.05. The Labute approximate surface area is 113 Å². The number of rotatable bonds is 7. The van der Waals surface area contributed by atoms with Gasteiger partial charge in [0.15, 0.2) is 0 Å². The van der Waals surface area contributed by atoms with Crippen LogP contribution in [0.5, 0.6) is 0 Å². The topological polar surface area (TPSA) is 96.4 Å². The maximum Gasteiger partial charge on any atom is 0.350 e. The highest BCUT2D eigenvalue weighted by molar-refractivity contribution is 6.17. The second-order valence-corrected chi connectivity index (χ2v) is 3.98. The van der Waals surface area contributed by atoms with Crippen molar-refractivity contribution in [2.75, 3.05) is 19.1 Å². The lowest BCUT2D eigenvalue weighted by Gasteiger charge is -2.08. The molecule has 0 saturated carbocycles. The number of halogens is 1. The normalized spacial score (nSPS) is 10.6. The van der Waals surface area contributed by atoms with Crippen molar-refractivity contribution in [3.63, 3.8) is 0 Å². The number of nitro groups is 1. The summed E-state index contributed by atoms with van der Waals surface area (Å²) >= 11 is 5.41. The zero-order valence-corrected chi connectivity index (χ0v) is 11.1. The molecule has 19 heavy (non-hydrogen) atoms. The van der Waals surface area contributed by atoms with E-state index >= 15 is 0 Å². The molecule has 1 rings (SSSR count). The van der Waals surface area contributed by atoms with Crippen molar-refractivity contribution in [3.05, 3.63) is 37.1 Å². The van der Waals surface area contributed by atoms with Crippen LogP contribution in [-0.4, -0.2) is 33.2 Å². The van der Waals surface area contributed by atoms with Crippen LogP contribution in [0.15, 0.2) is 15.8 Å². The maximum atomic E-state index is 11.9. The molecule has 0 bridgehead atoms. The van der Waals surface area contributed by atoms with Crippen LogP contribution in [0.4, 0.5) is 5.69 Å². The Morgan fingerprint density at radius 3 is 2.63 bits per heavy atom. The van der Waals surface area contributed by atoms with Crippen molar-refractivity contribution in [2.24, 2.45) is 0 Å². The summed E-state index contributed by atoms with van der Waals surface area (Å²) in [6, 6.07) is 0. The van der Waals surface area contributed by atoms with E-state index in [4.69, 9.17) is 16.3 Å². The Kier molecular flexibility index (Phi) is 5.71. The molecule has 1 aromatic rings. The molecule has 1 aromatic heterocycles. The van der Waals surface area contributed by atoms with E-state index in [0.717, 1.165) is 15.3 Å². The minimum absolute atomic E-state index is 0.0454. The van der Waals surface area contributed by atoms with Gasteiger partial charge in [0.25, 0.3) is 0 Å². The van der Waals surface area contributed by atoms with Crippen LogP contribution >= 0.6 is 11.6 Å². The highest BCUT2D eigenvalue weighted by atomic mass is 35.5. The minimum Gasteiger partial charge on any atom is -0.378 e. The van der Waals surface area contributed by atoms with Gasteiger partial charge in [-0.2, -0.15) is 0 Å². The molecule has 1 heterocycles. The van der Waals surface area contributed by atoms with Gasteiger partial charge in [-0.3, -0.25) is 24.0 Å². The Bertz CT molecular complexity index is 565. The highest BCUT2D eigenvalue weighted by Crippen LogP contribution is 2.00. The van der Waals surface area contributed by atoms with E-state index in [2.05, 4.69) is 0 Å². The third-order valence-corrected chi connectivity index (χ3v) is 2.59. The molecule has 0 amide bonds. The SMILES string of the molecule is CCn1cc([N+](=O)[O-])c(=O)n(CCOCCCl)c1=O. The standard InChI is InChI=1S/C10H14ClN3O5/c1-2-12-7-8(14(17)18)9(15)13(10(12)16)4-6-19-5-3-11/h7H,2-6H2,1H3. The van der Waals surface area contributed by atoms with E-state index in [-0.39, 0.29) is 26.3 Å². The first-order valence-electron chi connectivity index (χ1n) is 5.65. The van der Waals surface area contributed by atoms with Gasteiger partial charge in [0.2, 0.25) is 0 Å². The fraction of sp³-hybridized carbons (Fsp3) is 0.600. The monoisotopic (exact) mass is 291 g/mol. The molecule has 0 fully saturated rings. The summed E-state index contributed by atoms with van der Waals surface area (Å²) in [6.45, 7) is 2.22. The predicted octanol–water partition coefficient (Wildman–Crippen LogP) is 0.194. The smallest absolute Gasteiger partial charge is 0.350 e. The Hall–Kier alpha value is -1.67. The van der Waals surface area contributed by atoms with Crippen molar-refractivity contribution >= 4 is 17.3 Å². The van der Waals surface area contributed by atoms with E-state index in [9.17, 15) is 19.7 Å². The Morgan fingerprint density at radius 2 is 2.11 bits per heavy atom. The van der Waals surface area contributed by atoms with Crippen LogP contribution in [-0.2, 0) is 17.8 Å². The molecule has 0 aliphatic rings. The molecule has 0 aliphatic heterocycles. The van der Waals surface area contributed by atoms with Crippen molar-refractivity contribution in [3.8, 4) is 0 Å². The number of aryl methyl sites for hydroxylation is 1. The molecule has 0 radical (unpaired) electrons. The van der Waals surface area contributed by atoms with Crippen LogP contribution in [0, 0.1) is 10.1 Å². The quantitative estimate of drug-likeness (QED) is 0.309. The number of hydrogen-bond donors (Lipinski definition) is 0. The van der Waals surface area contributed by atoms with Gasteiger partial charge in [-0.25, -0.2) is 4.79 Å². The zero-order chi connectivity index (χ0) is 14.4. The van der Waals surface area contributed by atoms with Crippen LogP contribution in [0.25, 0.3) is 0 Å². The highest BCUT2D eigenvalue weighted by Gasteiger charge is 2.19. The lowest BCUT2D eigenvalue weighted by atomic mass is 10.5. The van der Waals surface area contributed by atoms with Crippen LogP contribution < -0.4 is 11.2 Å². The summed E-state index contributed by atoms with van der Waals surface area (Å²) in [4.78, 5) is 33.6. The van der Waals surface area contributed by atoms with E-state index in [1.54, 1.807) is 6.92 Å². The van der Waals surface area contributed by atoms with Gasteiger partial charge < -0.3 is 4.74 Å². The fourth-order valence-corrected chi connectivity index (χ4v) is 1.61. The average molecular weight is 292 g/mol. The Balaban J connectivity index is 3.14. The molecule has 9 heteroatoms. The largest absolute Gasteiger partial charge is 0.378 e. The average Bonchev–Trinajstić information content (AvgIpc) is 2.37. The number of ether oxygens (including phenoxy) is 1. The van der Waals surface area contributed by atoms with Gasteiger partial charge in [-0.15, -0.1) is 11.6 Å². The first kappa shape index (κ1) is 15.4. The molecule has 106 valence electrons. The number of aromatic nitrogens is 2. The molecule has 0 aliphatic carbocycles. The van der Waals surface area contributed by atoms with Gasteiger partial charge in [0.05, 0.1) is 30.9 Å². The van der Waals surface area contributed by atoms with E-state index in [1.807, 2.05) is 0 Å². The molecule has 8 nitrogen and oxygen atoms in total.